The van der Waals surface area contributed by atoms with Crippen LogP contribution in [-0.2, 0) is 9.53 Å². The number of likely N-dealkylation sites (tertiary alicyclic amines) is 1. The standard InChI is InChI=1S/C15H21NO4/c1-4-19-15(18)12-5-7-16(8-6-12)14(17)13-9-10(2)11(3)20-13/h9,12H,4-8H2,1-3H3. The Kier molecular flexibility index (Phi) is 4.47. The first-order chi connectivity index (χ1) is 9.52. The summed E-state index contributed by atoms with van der Waals surface area (Å²) in [5.41, 5.74) is 0.981. The highest BCUT2D eigenvalue weighted by Gasteiger charge is 2.29. The van der Waals surface area contributed by atoms with Crippen molar-refractivity contribution in [3.63, 3.8) is 0 Å². The van der Waals surface area contributed by atoms with E-state index in [1.165, 1.54) is 0 Å². The molecule has 2 heterocycles. The van der Waals surface area contributed by atoms with E-state index in [1.54, 1.807) is 17.9 Å². The second-order valence-corrected chi connectivity index (χ2v) is 5.17. The third kappa shape index (κ3) is 3.03. The van der Waals surface area contributed by atoms with Crippen molar-refractivity contribution in [1.82, 2.24) is 4.90 Å². The van der Waals surface area contributed by atoms with Crippen LogP contribution in [0.5, 0.6) is 0 Å². The van der Waals surface area contributed by atoms with Crippen LogP contribution >= 0.6 is 0 Å². The van der Waals surface area contributed by atoms with Gasteiger partial charge in [-0.1, -0.05) is 0 Å². The van der Waals surface area contributed by atoms with E-state index < -0.39 is 0 Å². The van der Waals surface area contributed by atoms with Gasteiger partial charge in [0.1, 0.15) is 5.76 Å². The molecule has 1 aromatic heterocycles. The van der Waals surface area contributed by atoms with Crippen LogP contribution in [0.4, 0.5) is 0 Å². The molecule has 1 aliphatic heterocycles. The number of amides is 1. The number of furan rings is 1. The molecule has 2 rings (SSSR count). The molecule has 1 aromatic rings. The Morgan fingerprint density at radius 2 is 2.00 bits per heavy atom. The Bertz CT molecular complexity index is 478. The van der Waals surface area contributed by atoms with Gasteiger partial charge in [0.15, 0.2) is 5.76 Å². The lowest BCUT2D eigenvalue weighted by Gasteiger charge is -2.30. The summed E-state index contributed by atoms with van der Waals surface area (Å²) >= 11 is 0. The molecule has 0 bridgehead atoms. The summed E-state index contributed by atoms with van der Waals surface area (Å²) in [4.78, 5) is 25.7. The van der Waals surface area contributed by atoms with Crippen molar-refractivity contribution in [2.24, 2.45) is 5.92 Å². The number of hydrogen-bond donors (Lipinski definition) is 0. The van der Waals surface area contributed by atoms with Crippen LogP contribution in [0.2, 0.25) is 0 Å². The number of aryl methyl sites for hydroxylation is 2. The summed E-state index contributed by atoms with van der Waals surface area (Å²) < 4.78 is 10.5. The molecular formula is C15H21NO4. The van der Waals surface area contributed by atoms with Gasteiger partial charge in [-0.15, -0.1) is 0 Å². The fourth-order valence-corrected chi connectivity index (χ4v) is 2.41. The Hall–Kier alpha value is -1.78. The van der Waals surface area contributed by atoms with E-state index in [0.29, 0.717) is 38.3 Å². The van der Waals surface area contributed by atoms with Crippen molar-refractivity contribution in [3.05, 3.63) is 23.2 Å². The molecule has 0 unspecified atom stereocenters. The maximum absolute atomic E-state index is 12.3. The molecular weight excluding hydrogens is 258 g/mol. The molecule has 0 radical (unpaired) electrons. The van der Waals surface area contributed by atoms with Gasteiger partial charge in [-0.2, -0.15) is 0 Å². The van der Waals surface area contributed by atoms with E-state index in [1.807, 2.05) is 13.8 Å². The van der Waals surface area contributed by atoms with E-state index in [0.717, 1.165) is 11.3 Å². The molecule has 20 heavy (non-hydrogen) atoms. The van der Waals surface area contributed by atoms with Gasteiger partial charge in [-0.3, -0.25) is 9.59 Å². The molecule has 5 heteroatoms. The molecule has 5 nitrogen and oxygen atoms in total. The first-order valence-corrected chi connectivity index (χ1v) is 7.05. The van der Waals surface area contributed by atoms with Crippen LogP contribution < -0.4 is 0 Å². The van der Waals surface area contributed by atoms with Gasteiger partial charge in [0.25, 0.3) is 5.91 Å². The fourth-order valence-electron chi connectivity index (χ4n) is 2.41. The molecule has 0 saturated carbocycles. The zero-order valence-corrected chi connectivity index (χ0v) is 12.3. The third-order valence-corrected chi connectivity index (χ3v) is 3.78. The number of nitrogens with zero attached hydrogens (tertiary/aromatic N) is 1. The number of rotatable bonds is 3. The molecule has 0 aliphatic carbocycles. The lowest BCUT2D eigenvalue weighted by molar-refractivity contribution is -0.149. The highest BCUT2D eigenvalue weighted by molar-refractivity contribution is 5.92. The minimum Gasteiger partial charge on any atom is -0.466 e. The predicted molar refractivity (Wildman–Crippen MR) is 73.4 cm³/mol. The van der Waals surface area contributed by atoms with Crippen molar-refractivity contribution in [3.8, 4) is 0 Å². The van der Waals surface area contributed by atoms with Gasteiger partial charge in [0.2, 0.25) is 0 Å². The number of esters is 1. The lowest BCUT2D eigenvalue weighted by Crippen LogP contribution is -2.40. The van der Waals surface area contributed by atoms with Crippen LogP contribution in [-0.4, -0.2) is 36.5 Å². The van der Waals surface area contributed by atoms with E-state index in [2.05, 4.69) is 0 Å². The molecule has 0 N–H and O–H groups in total. The summed E-state index contributed by atoms with van der Waals surface area (Å²) in [7, 11) is 0. The maximum atomic E-state index is 12.3. The summed E-state index contributed by atoms with van der Waals surface area (Å²) in [6.45, 7) is 7.12. The van der Waals surface area contributed by atoms with Gasteiger partial charge >= 0.3 is 5.97 Å². The zero-order valence-electron chi connectivity index (χ0n) is 12.3. The second-order valence-electron chi connectivity index (χ2n) is 5.17. The summed E-state index contributed by atoms with van der Waals surface area (Å²) in [6, 6.07) is 1.77. The maximum Gasteiger partial charge on any atom is 0.309 e. The molecule has 1 aliphatic rings. The van der Waals surface area contributed by atoms with E-state index in [-0.39, 0.29) is 17.8 Å². The summed E-state index contributed by atoms with van der Waals surface area (Å²) in [5.74, 6) is 0.830. The van der Waals surface area contributed by atoms with Crippen LogP contribution in [0.25, 0.3) is 0 Å². The largest absolute Gasteiger partial charge is 0.466 e. The molecule has 1 saturated heterocycles. The van der Waals surface area contributed by atoms with Crippen LogP contribution in [0.3, 0.4) is 0 Å². The summed E-state index contributed by atoms with van der Waals surface area (Å²) in [5, 5.41) is 0. The van der Waals surface area contributed by atoms with Crippen molar-refractivity contribution >= 4 is 11.9 Å². The highest BCUT2D eigenvalue weighted by atomic mass is 16.5. The molecule has 0 aromatic carbocycles. The second kappa shape index (κ2) is 6.11. The predicted octanol–water partition coefficient (Wildman–Crippen LogP) is 2.31. The fraction of sp³-hybridized carbons (Fsp3) is 0.600. The highest BCUT2D eigenvalue weighted by Crippen LogP contribution is 2.22. The smallest absolute Gasteiger partial charge is 0.309 e. The zero-order chi connectivity index (χ0) is 14.7. The van der Waals surface area contributed by atoms with E-state index in [9.17, 15) is 9.59 Å². The minimum atomic E-state index is -0.149. The van der Waals surface area contributed by atoms with Crippen LogP contribution in [0, 0.1) is 19.8 Å². The average Bonchev–Trinajstić information content (AvgIpc) is 2.78. The number of hydrogen-bond acceptors (Lipinski definition) is 4. The SMILES string of the molecule is CCOC(=O)C1CCN(C(=O)c2cc(C)c(C)o2)CC1. The van der Waals surface area contributed by atoms with Gasteiger partial charge in [-0.05, 0) is 45.2 Å². The van der Waals surface area contributed by atoms with Crippen LogP contribution in [0.1, 0.15) is 41.6 Å². The van der Waals surface area contributed by atoms with Crippen molar-refractivity contribution in [1.29, 1.82) is 0 Å². The van der Waals surface area contributed by atoms with Gasteiger partial charge in [0.05, 0.1) is 12.5 Å². The van der Waals surface area contributed by atoms with Gasteiger partial charge < -0.3 is 14.1 Å². The normalized spacial score (nSPS) is 16.2. The topological polar surface area (TPSA) is 59.8 Å². The number of carbonyl (C=O) groups excluding carboxylic acids is 2. The average molecular weight is 279 g/mol. The minimum absolute atomic E-state index is 0.0842. The van der Waals surface area contributed by atoms with Crippen molar-refractivity contribution in [2.75, 3.05) is 19.7 Å². The first kappa shape index (κ1) is 14.6. The monoisotopic (exact) mass is 279 g/mol. The Balaban J connectivity index is 1.93. The molecule has 0 spiro atoms. The Morgan fingerprint density at radius 1 is 1.35 bits per heavy atom. The number of carbonyl (C=O) groups is 2. The van der Waals surface area contributed by atoms with Crippen LogP contribution in [0.15, 0.2) is 10.5 Å². The van der Waals surface area contributed by atoms with Gasteiger partial charge in [0, 0.05) is 13.1 Å². The Labute approximate surface area is 118 Å². The number of piperidine rings is 1. The molecule has 0 atom stereocenters. The number of ether oxygens (including phenoxy) is 1. The van der Waals surface area contributed by atoms with E-state index in [4.69, 9.17) is 9.15 Å². The van der Waals surface area contributed by atoms with Gasteiger partial charge in [-0.25, -0.2) is 0 Å². The first-order valence-electron chi connectivity index (χ1n) is 7.05. The molecule has 110 valence electrons. The Morgan fingerprint density at radius 3 is 2.50 bits per heavy atom. The molecule has 1 amide bonds. The van der Waals surface area contributed by atoms with Crippen molar-refractivity contribution in [2.45, 2.75) is 33.6 Å². The third-order valence-electron chi connectivity index (χ3n) is 3.78. The van der Waals surface area contributed by atoms with E-state index >= 15 is 0 Å². The summed E-state index contributed by atoms with van der Waals surface area (Å²) in [6.07, 6.45) is 1.31. The quantitative estimate of drug-likeness (QED) is 0.797. The van der Waals surface area contributed by atoms with Crippen molar-refractivity contribution < 1.29 is 18.7 Å². The lowest BCUT2D eigenvalue weighted by atomic mass is 9.97. The molecule has 1 fully saturated rings.